The molecule has 9 heteroatoms. The summed E-state index contributed by atoms with van der Waals surface area (Å²) >= 11 is 5.85. The van der Waals surface area contributed by atoms with E-state index in [2.05, 4.69) is 25.8 Å². The smallest absolute Gasteiger partial charge is 0.279 e. The summed E-state index contributed by atoms with van der Waals surface area (Å²) in [4.78, 5) is 17.1. The molecular weight excluding hydrogens is 376 g/mol. The van der Waals surface area contributed by atoms with Crippen LogP contribution in [0.2, 0.25) is 5.02 Å². The number of hydrogen-bond acceptors (Lipinski definition) is 3. The zero-order valence-electron chi connectivity index (χ0n) is 14.5. The van der Waals surface area contributed by atoms with Gasteiger partial charge in [0.15, 0.2) is 5.82 Å². The lowest BCUT2D eigenvalue weighted by Gasteiger charge is -2.19. The number of halogens is 3. The molecule has 27 heavy (non-hydrogen) atoms. The molecule has 3 N–H and O–H groups in total. The summed E-state index contributed by atoms with van der Waals surface area (Å²) < 4.78 is 25.5. The molecule has 1 aliphatic carbocycles. The van der Waals surface area contributed by atoms with E-state index in [0.29, 0.717) is 10.6 Å². The second-order valence-corrected chi connectivity index (χ2v) is 6.80. The first-order chi connectivity index (χ1) is 13.0. The van der Waals surface area contributed by atoms with Gasteiger partial charge in [0.1, 0.15) is 5.69 Å². The molecular formula is C18H20ClF2N5O. The Kier molecular flexibility index (Phi) is 6.39. The molecule has 1 fully saturated rings. The number of rotatable bonds is 4. The lowest BCUT2D eigenvalue weighted by molar-refractivity contribution is 0.0976. The van der Waals surface area contributed by atoms with Crippen LogP contribution in [0.25, 0.3) is 0 Å². The number of amides is 1. The number of hydrogen-bond donors (Lipinski definition) is 3. The van der Waals surface area contributed by atoms with Gasteiger partial charge in [-0.25, -0.2) is 13.8 Å². The molecule has 0 spiro atoms. The van der Waals surface area contributed by atoms with E-state index in [-0.39, 0.29) is 29.4 Å². The van der Waals surface area contributed by atoms with Crippen molar-refractivity contribution in [2.45, 2.75) is 44.6 Å². The van der Waals surface area contributed by atoms with Gasteiger partial charge in [0.25, 0.3) is 12.3 Å². The molecule has 6 nitrogen and oxygen atoms in total. The van der Waals surface area contributed by atoms with Crippen LogP contribution >= 0.6 is 11.6 Å². The molecule has 0 atom stereocenters. The van der Waals surface area contributed by atoms with Crippen molar-refractivity contribution in [2.24, 2.45) is 4.99 Å². The van der Waals surface area contributed by atoms with Gasteiger partial charge in [-0.15, -0.1) is 0 Å². The molecule has 1 aliphatic rings. The summed E-state index contributed by atoms with van der Waals surface area (Å²) in [5.41, 5.74) is 0.103. The number of H-pyrrole nitrogens is 1. The Balaban J connectivity index is 1.76. The van der Waals surface area contributed by atoms with Crippen molar-refractivity contribution in [3.05, 3.63) is 46.6 Å². The molecule has 1 amide bonds. The highest BCUT2D eigenvalue weighted by Gasteiger charge is 2.17. The van der Waals surface area contributed by atoms with Gasteiger partial charge in [-0.05, 0) is 37.1 Å². The molecule has 3 rings (SSSR count). The van der Waals surface area contributed by atoms with Crippen LogP contribution in [0.4, 0.5) is 14.6 Å². The quantitative estimate of drug-likeness (QED) is 0.525. The number of aliphatic imine (C=N–C) groups is 1. The third-order valence-corrected chi connectivity index (χ3v) is 4.56. The molecule has 1 aromatic carbocycles. The number of aromatic amines is 1. The van der Waals surface area contributed by atoms with Crippen LogP contribution in [-0.2, 0) is 0 Å². The Labute approximate surface area is 160 Å². The highest BCUT2D eigenvalue weighted by atomic mass is 35.5. The number of benzene rings is 1. The molecule has 0 radical (unpaired) electrons. The van der Waals surface area contributed by atoms with Crippen molar-refractivity contribution in [3.8, 4) is 0 Å². The molecule has 2 aromatic rings. The van der Waals surface area contributed by atoms with Gasteiger partial charge in [0, 0.05) is 16.7 Å². The number of nitrogens with one attached hydrogen (secondary N) is 3. The molecule has 0 bridgehead atoms. The molecule has 1 saturated carbocycles. The van der Waals surface area contributed by atoms with Gasteiger partial charge in [-0.1, -0.05) is 30.9 Å². The van der Waals surface area contributed by atoms with Crippen molar-refractivity contribution >= 4 is 29.3 Å². The van der Waals surface area contributed by atoms with Crippen LogP contribution in [0, 0.1) is 0 Å². The maximum atomic E-state index is 12.7. The predicted octanol–water partition coefficient (Wildman–Crippen LogP) is 4.53. The van der Waals surface area contributed by atoms with E-state index in [0.717, 1.165) is 25.7 Å². The van der Waals surface area contributed by atoms with Gasteiger partial charge >= 0.3 is 0 Å². The maximum absolute atomic E-state index is 12.7. The van der Waals surface area contributed by atoms with E-state index < -0.39 is 6.43 Å². The van der Waals surface area contributed by atoms with Crippen molar-refractivity contribution in [3.63, 3.8) is 0 Å². The minimum atomic E-state index is -2.66. The number of carbonyl (C=O) groups is 1. The largest absolute Gasteiger partial charge is 0.309 e. The Morgan fingerprint density at radius 3 is 2.56 bits per heavy atom. The van der Waals surface area contributed by atoms with E-state index in [1.807, 2.05) is 0 Å². The first kappa shape index (κ1) is 19.3. The zero-order valence-corrected chi connectivity index (χ0v) is 15.3. The monoisotopic (exact) mass is 395 g/mol. The number of aromatic nitrogens is 2. The van der Waals surface area contributed by atoms with Gasteiger partial charge in [-0.3, -0.25) is 15.2 Å². The number of guanidine groups is 1. The summed E-state index contributed by atoms with van der Waals surface area (Å²) in [5.74, 6) is -0.0243. The van der Waals surface area contributed by atoms with Crippen LogP contribution in [0.5, 0.6) is 0 Å². The van der Waals surface area contributed by atoms with E-state index in [4.69, 9.17) is 11.6 Å². The van der Waals surface area contributed by atoms with Gasteiger partial charge in [0.2, 0.25) is 5.96 Å². The summed E-state index contributed by atoms with van der Waals surface area (Å²) in [7, 11) is 0. The highest BCUT2D eigenvalue weighted by molar-refractivity contribution is 6.30. The first-order valence-corrected chi connectivity index (χ1v) is 9.14. The van der Waals surface area contributed by atoms with Crippen LogP contribution < -0.4 is 10.6 Å². The Hall–Kier alpha value is -2.48. The minimum absolute atomic E-state index is 0.0697. The summed E-state index contributed by atoms with van der Waals surface area (Å²) in [6, 6.07) is 7.68. The van der Waals surface area contributed by atoms with Gasteiger partial charge in [0.05, 0.1) is 6.04 Å². The summed E-state index contributed by atoms with van der Waals surface area (Å²) in [5, 5.41) is 12.1. The second kappa shape index (κ2) is 8.94. The fraction of sp³-hybridized carbons (Fsp3) is 0.389. The van der Waals surface area contributed by atoms with Crippen LogP contribution in [0.3, 0.4) is 0 Å². The normalized spacial score (nSPS) is 15.8. The van der Waals surface area contributed by atoms with Crippen molar-refractivity contribution in [2.75, 3.05) is 5.32 Å². The average molecular weight is 396 g/mol. The standard InChI is InChI=1S/C18H20ClF2N5O/c19-12-8-6-11(7-9-12)17(27)24-18(22-13-4-2-1-3-5-13)23-15-10-14(16(20)21)25-26-15/h6-10,13,16H,1-5H2,(H3,22,23,24,25,26,27). The SMILES string of the molecule is O=C(NC(=NC1CCCCC1)Nc1cc(C(F)F)[nH]n1)c1ccc(Cl)cc1. The van der Waals surface area contributed by atoms with Crippen molar-refractivity contribution in [1.82, 2.24) is 15.5 Å². The summed E-state index contributed by atoms with van der Waals surface area (Å²) in [6.45, 7) is 0. The Morgan fingerprint density at radius 1 is 1.22 bits per heavy atom. The molecule has 0 saturated heterocycles. The number of carbonyl (C=O) groups excluding carboxylic acids is 1. The maximum Gasteiger partial charge on any atom is 0.279 e. The summed E-state index contributed by atoms with van der Waals surface area (Å²) in [6.07, 6.45) is 2.50. The van der Waals surface area contributed by atoms with Crippen molar-refractivity contribution < 1.29 is 13.6 Å². The molecule has 1 heterocycles. The highest BCUT2D eigenvalue weighted by Crippen LogP contribution is 2.21. The lowest BCUT2D eigenvalue weighted by Crippen LogP contribution is -2.37. The molecule has 144 valence electrons. The fourth-order valence-electron chi connectivity index (χ4n) is 2.90. The number of alkyl halides is 2. The van der Waals surface area contributed by atoms with Crippen molar-refractivity contribution in [1.29, 1.82) is 0 Å². The number of anilines is 1. The van der Waals surface area contributed by atoms with E-state index in [1.54, 1.807) is 24.3 Å². The van der Waals surface area contributed by atoms with Crippen LogP contribution in [0.1, 0.15) is 54.6 Å². The third-order valence-electron chi connectivity index (χ3n) is 4.30. The topological polar surface area (TPSA) is 82.2 Å². The molecule has 1 aromatic heterocycles. The fourth-order valence-corrected chi connectivity index (χ4v) is 3.03. The Bertz CT molecular complexity index is 800. The van der Waals surface area contributed by atoms with E-state index in [9.17, 15) is 13.6 Å². The molecule has 0 aliphatic heterocycles. The lowest BCUT2D eigenvalue weighted by atomic mass is 9.96. The molecule has 0 unspecified atom stereocenters. The van der Waals surface area contributed by atoms with Gasteiger partial charge < -0.3 is 5.32 Å². The van der Waals surface area contributed by atoms with Crippen LogP contribution in [0.15, 0.2) is 35.3 Å². The zero-order chi connectivity index (χ0) is 19.2. The number of nitrogens with zero attached hydrogens (tertiary/aromatic N) is 2. The van der Waals surface area contributed by atoms with E-state index >= 15 is 0 Å². The first-order valence-electron chi connectivity index (χ1n) is 8.76. The Morgan fingerprint density at radius 2 is 1.93 bits per heavy atom. The van der Waals surface area contributed by atoms with E-state index in [1.165, 1.54) is 12.5 Å². The second-order valence-electron chi connectivity index (χ2n) is 6.36. The average Bonchev–Trinajstić information content (AvgIpc) is 3.12. The minimum Gasteiger partial charge on any atom is -0.309 e. The predicted molar refractivity (Wildman–Crippen MR) is 100 cm³/mol. The third kappa shape index (κ3) is 5.50. The van der Waals surface area contributed by atoms with Gasteiger partial charge in [-0.2, -0.15) is 5.10 Å². The van der Waals surface area contributed by atoms with Crippen LogP contribution in [-0.4, -0.2) is 28.1 Å².